The molecule has 7 nitrogen and oxygen atoms in total. The van der Waals surface area contributed by atoms with Gasteiger partial charge in [0.15, 0.2) is 0 Å². The van der Waals surface area contributed by atoms with E-state index in [2.05, 4.69) is 0 Å². The van der Waals surface area contributed by atoms with E-state index in [0.29, 0.717) is 25.2 Å². The predicted octanol–water partition coefficient (Wildman–Crippen LogP) is 3.23. The first-order valence-corrected chi connectivity index (χ1v) is 8.29. The zero-order valence-electron chi connectivity index (χ0n) is 14.4. The summed E-state index contributed by atoms with van der Waals surface area (Å²) in [6.45, 7) is 6.07. The molecule has 0 radical (unpaired) electrons. The summed E-state index contributed by atoms with van der Waals surface area (Å²) in [7, 11) is 0. The smallest absolute Gasteiger partial charge is 0.297 e. The Bertz CT molecular complexity index is 767. The Labute approximate surface area is 145 Å². The van der Waals surface area contributed by atoms with Crippen LogP contribution in [-0.2, 0) is 9.59 Å². The number of imide groups is 1. The van der Waals surface area contributed by atoms with Gasteiger partial charge in [-0.1, -0.05) is 11.1 Å². The average molecular weight is 344 g/mol. The number of nitro benzene ring substituents is 1. The Balaban J connectivity index is 2.02. The molecular weight excluding hydrogens is 324 g/mol. The summed E-state index contributed by atoms with van der Waals surface area (Å²) in [6.07, 6.45) is 1.06. The lowest BCUT2D eigenvalue weighted by Crippen LogP contribution is -2.31. The molecule has 2 atom stereocenters. The molecule has 132 valence electrons. The topological polar surface area (TPSA) is 89.8 Å². The number of fused-ring (bicyclic) bond motifs is 1. The number of nitrogens with zero attached hydrogens (tertiary/aromatic N) is 2. The molecule has 0 spiro atoms. The monoisotopic (exact) mass is 344 g/mol. The normalized spacial score (nSPS) is 23.1. The Kier molecular flexibility index (Phi) is 4.32. The van der Waals surface area contributed by atoms with Gasteiger partial charge >= 0.3 is 0 Å². The van der Waals surface area contributed by atoms with E-state index in [-0.39, 0.29) is 23.2 Å². The van der Waals surface area contributed by atoms with E-state index in [1.165, 1.54) is 12.1 Å². The van der Waals surface area contributed by atoms with Crippen molar-refractivity contribution in [2.24, 2.45) is 11.8 Å². The van der Waals surface area contributed by atoms with Gasteiger partial charge in [-0.3, -0.25) is 19.7 Å². The van der Waals surface area contributed by atoms with Crippen molar-refractivity contribution in [3.05, 3.63) is 39.5 Å². The number of benzene rings is 1. The standard InChI is InChI=1S/C18H20N2O5/c1-4-25-12-5-6-15(16(9-12)20(23)24)19-17(21)13-7-10(2)11(3)8-14(13)18(19)22/h5-6,9,13-14H,4,7-8H2,1-3H3/t13-,14-/m0/s1. The van der Waals surface area contributed by atoms with Crippen molar-refractivity contribution in [2.75, 3.05) is 11.5 Å². The van der Waals surface area contributed by atoms with Crippen LogP contribution in [0.1, 0.15) is 33.6 Å². The second kappa shape index (κ2) is 6.31. The molecule has 3 rings (SSSR count). The Hall–Kier alpha value is -2.70. The number of carbonyl (C=O) groups excluding carboxylic acids is 2. The first-order valence-electron chi connectivity index (χ1n) is 8.29. The predicted molar refractivity (Wildman–Crippen MR) is 91.3 cm³/mol. The van der Waals surface area contributed by atoms with Crippen LogP contribution in [0, 0.1) is 22.0 Å². The molecule has 2 amide bonds. The van der Waals surface area contributed by atoms with Crippen LogP contribution < -0.4 is 9.64 Å². The molecule has 0 bridgehead atoms. The molecule has 7 heteroatoms. The minimum atomic E-state index is -0.588. The van der Waals surface area contributed by atoms with Gasteiger partial charge in [-0.2, -0.15) is 0 Å². The van der Waals surface area contributed by atoms with Crippen molar-refractivity contribution in [3.63, 3.8) is 0 Å². The summed E-state index contributed by atoms with van der Waals surface area (Å²) in [5.74, 6) is -1.23. The molecule has 1 aliphatic carbocycles. The highest BCUT2D eigenvalue weighted by Crippen LogP contribution is 2.44. The molecule has 0 unspecified atom stereocenters. The Morgan fingerprint density at radius 2 is 1.72 bits per heavy atom. The van der Waals surface area contributed by atoms with Gasteiger partial charge in [-0.25, -0.2) is 4.90 Å². The highest BCUT2D eigenvalue weighted by molar-refractivity contribution is 6.23. The van der Waals surface area contributed by atoms with Gasteiger partial charge in [0.2, 0.25) is 11.8 Å². The fourth-order valence-electron chi connectivity index (χ4n) is 3.58. The highest BCUT2D eigenvalue weighted by atomic mass is 16.6. The summed E-state index contributed by atoms with van der Waals surface area (Å²) in [6, 6.07) is 4.22. The van der Waals surface area contributed by atoms with Crippen molar-refractivity contribution >= 4 is 23.2 Å². The van der Waals surface area contributed by atoms with E-state index < -0.39 is 16.8 Å². The summed E-state index contributed by atoms with van der Waals surface area (Å²) >= 11 is 0. The maximum atomic E-state index is 12.8. The van der Waals surface area contributed by atoms with Crippen LogP contribution in [0.5, 0.6) is 5.75 Å². The van der Waals surface area contributed by atoms with Crippen LogP contribution in [0.25, 0.3) is 0 Å². The lowest BCUT2D eigenvalue weighted by Gasteiger charge is -2.23. The van der Waals surface area contributed by atoms with Gasteiger partial charge in [0.05, 0.1) is 29.4 Å². The molecule has 0 N–H and O–H groups in total. The number of rotatable bonds is 4. The summed E-state index contributed by atoms with van der Waals surface area (Å²) < 4.78 is 5.29. The Morgan fingerprint density at radius 1 is 1.16 bits per heavy atom. The third-order valence-electron chi connectivity index (χ3n) is 5.04. The van der Waals surface area contributed by atoms with Gasteiger partial charge in [0.1, 0.15) is 11.4 Å². The maximum absolute atomic E-state index is 12.8. The van der Waals surface area contributed by atoms with Crippen LogP contribution in [-0.4, -0.2) is 23.3 Å². The van der Waals surface area contributed by atoms with Crippen molar-refractivity contribution in [3.8, 4) is 5.75 Å². The minimum absolute atomic E-state index is 0.0214. The molecule has 1 aliphatic heterocycles. The van der Waals surface area contributed by atoms with Gasteiger partial charge in [0, 0.05) is 0 Å². The quantitative estimate of drug-likeness (QED) is 0.362. The highest BCUT2D eigenvalue weighted by Gasteiger charge is 2.51. The lowest BCUT2D eigenvalue weighted by molar-refractivity contribution is -0.384. The van der Waals surface area contributed by atoms with E-state index in [1.54, 1.807) is 13.0 Å². The fraction of sp³-hybridized carbons (Fsp3) is 0.444. The summed E-state index contributed by atoms with van der Waals surface area (Å²) in [4.78, 5) is 37.5. The zero-order chi connectivity index (χ0) is 18.3. The van der Waals surface area contributed by atoms with Crippen LogP contribution in [0.2, 0.25) is 0 Å². The molecule has 1 heterocycles. The van der Waals surface area contributed by atoms with Crippen LogP contribution in [0.3, 0.4) is 0 Å². The second-order valence-corrected chi connectivity index (χ2v) is 6.53. The molecule has 1 aromatic rings. The number of allylic oxidation sites excluding steroid dienone is 2. The van der Waals surface area contributed by atoms with Crippen molar-refractivity contribution in [1.29, 1.82) is 0 Å². The van der Waals surface area contributed by atoms with Crippen LogP contribution in [0.4, 0.5) is 11.4 Å². The van der Waals surface area contributed by atoms with Crippen molar-refractivity contribution in [1.82, 2.24) is 0 Å². The summed E-state index contributed by atoms with van der Waals surface area (Å²) in [5, 5.41) is 11.5. The van der Waals surface area contributed by atoms with Crippen LogP contribution >= 0.6 is 0 Å². The number of hydrogen-bond donors (Lipinski definition) is 0. The molecule has 0 aromatic heterocycles. The van der Waals surface area contributed by atoms with Gasteiger partial charge in [-0.05, 0) is 45.7 Å². The molecule has 0 saturated carbocycles. The number of nitro groups is 1. The van der Waals surface area contributed by atoms with Gasteiger partial charge in [-0.15, -0.1) is 0 Å². The minimum Gasteiger partial charge on any atom is -0.494 e. The van der Waals surface area contributed by atoms with E-state index in [9.17, 15) is 19.7 Å². The first-order chi connectivity index (χ1) is 11.8. The molecule has 25 heavy (non-hydrogen) atoms. The molecular formula is C18H20N2O5. The van der Waals surface area contributed by atoms with Crippen molar-refractivity contribution in [2.45, 2.75) is 33.6 Å². The number of amides is 2. The zero-order valence-corrected chi connectivity index (χ0v) is 14.4. The average Bonchev–Trinajstić information content (AvgIpc) is 2.79. The third-order valence-corrected chi connectivity index (χ3v) is 5.04. The molecule has 1 fully saturated rings. The van der Waals surface area contributed by atoms with Crippen molar-refractivity contribution < 1.29 is 19.2 Å². The lowest BCUT2D eigenvalue weighted by atomic mass is 9.78. The van der Waals surface area contributed by atoms with E-state index in [4.69, 9.17) is 4.74 Å². The van der Waals surface area contributed by atoms with Crippen LogP contribution in [0.15, 0.2) is 29.3 Å². The molecule has 1 saturated heterocycles. The summed E-state index contributed by atoms with van der Waals surface area (Å²) in [5.41, 5.74) is 1.96. The second-order valence-electron chi connectivity index (χ2n) is 6.53. The van der Waals surface area contributed by atoms with E-state index in [1.807, 2.05) is 13.8 Å². The fourth-order valence-corrected chi connectivity index (χ4v) is 3.58. The van der Waals surface area contributed by atoms with E-state index >= 15 is 0 Å². The number of ether oxygens (including phenoxy) is 1. The third kappa shape index (κ3) is 2.79. The first kappa shape index (κ1) is 17.1. The van der Waals surface area contributed by atoms with Gasteiger partial charge in [0.25, 0.3) is 5.69 Å². The molecule has 2 aliphatic rings. The largest absolute Gasteiger partial charge is 0.494 e. The SMILES string of the molecule is CCOc1ccc(N2C(=O)[C@H]3CC(C)=C(C)C[C@@H]3C2=O)c([N+](=O)[O-])c1. The molecule has 1 aromatic carbocycles. The Morgan fingerprint density at radius 3 is 2.20 bits per heavy atom. The van der Waals surface area contributed by atoms with Gasteiger partial charge < -0.3 is 4.74 Å². The maximum Gasteiger partial charge on any atom is 0.297 e. The number of carbonyl (C=O) groups is 2. The number of anilines is 1. The van der Waals surface area contributed by atoms with E-state index in [0.717, 1.165) is 16.0 Å². The number of hydrogen-bond acceptors (Lipinski definition) is 5.